The van der Waals surface area contributed by atoms with Gasteiger partial charge in [0.2, 0.25) is 5.91 Å². The summed E-state index contributed by atoms with van der Waals surface area (Å²) in [6, 6.07) is 16.6. The van der Waals surface area contributed by atoms with E-state index < -0.39 is 6.61 Å². The zero-order valence-corrected chi connectivity index (χ0v) is 21.5. The second kappa shape index (κ2) is 12.1. The number of fused-ring (bicyclic) bond motifs is 1. The van der Waals surface area contributed by atoms with Gasteiger partial charge in [-0.15, -0.1) is 0 Å². The van der Waals surface area contributed by atoms with E-state index >= 15 is 0 Å². The van der Waals surface area contributed by atoms with Crippen LogP contribution in [-0.2, 0) is 11.4 Å². The summed E-state index contributed by atoms with van der Waals surface area (Å²) in [6.07, 6.45) is 5.97. The van der Waals surface area contributed by atoms with Crippen molar-refractivity contribution >= 4 is 39.9 Å². The molecule has 38 heavy (non-hydrogen) atoms. The lowest BCUT2D eigenvalue weighted by Crippen LogP contribution is -2.47. The number of likely N-dealkylation sites (tertiary alicyclic amines) is 1. The first-order chi connectivity index (χ1) is 18.6. The zero-order valence-electron chi connectivity index (χ0n) is 20.7. The maximum atomic E-state index is 12.2. The van der Waals surface area contributed by atoms with E-state index in [0.717, 1.165) is 36.0 Å². The van der Waals surface area contributed by atoms with Crippen LogP contribution in [-0.4, -0.2) is 56.7 Å². The Labute approximate surface area is 225 Å². The molecule has 10 heteroatoms. The lowest BCUT2D eigenvalue weighted by Gasteiger charge is -2.35. The molecule has 4 aromatic rings. The predicted molar refractivity (Wildman–Crippen MR) is 145 cm³/mol. The van der Waals surface area contributed by atoms with Crippen molar-refractivity contribution in [3.05, 3.63) is 77.8 Å². The van der Waals surface area contributed by atoms with Crippen molar-refractivity contribution in [2.45, 2.75) is 31.9 Å². The van der Waals surface area contributed by atoms with E-state index in [0.29, 0.717) is 47.6 Å². The third-order valence-electron chi connectivity index (χ3n) is 6.43. The number of rotatable bonds is 9. The molecule has 1 aliphatic heterocycles. The number of nitrogens with one attached hydrogen (secondary N) is 1. The largest absolute Gasteiger partial charge is 0.491 e. The smallest absolute Gasteiger partial charge is 0.248 e. The number of aromatic nitrogens is 3. The van der Waals surface area contributed by atoms with Gasteiger partial charge in [-0.2, -0.15) is 0 Å². The number of nitrogens with zero attached hydrogens (tertiary/aromatic N) is 4. The van der Waals surface area contributed by atoms with Gasteiger partial charge in [-0.3, -0.25) is 9.78 Å². The Hall–Kier alpha value is -3.95. The van der Waals surface area contributed by atoms with Gasteiger partial charge in [-0.25, -0.2) is 9.97 Å². The number of aliphatic hydroxyl groups excluding tert-OH is 1. The number of hydrogen-bond donors (Lipinski definition) is 2. The van der Waals surface area contributed by atoms with Gasteiger partial charge in [0.15, 0.2) is 0 Å². The first-order valence-electron chi connectivity index (χ1n) is 12.5. The maximum Gasteiger partial charge on any atom is 0.248 e. The van der Waals surface area contributed by atoms with Crippen LogP contribution in [0, 0.1) is 0 Å². The van der Waals surface area contributed by atoms with Crippen molar-refractivity contribution in [1.82, 2.24) is 19.9 Å². The number of halogens is 1. The molecule has 1 fully saturated rings. The monoisotopic (exact) mass is 533 g/mol. The second-order valence-corrected chi connectivity index (χ2v) is 9.37. The highest BCUT2D eigenvalue weighted by atomic mass is 35.5. The molecule has 1 saturated heterocycles. The fourth-order valence-corrected chi connectivity index (χ4v) is 4.78. The Morgan fingerprint density at radius 1 is 1.05 bits per heavy atom. The van der Waals surface area contributed by atoms with Crippen LogP contribution < -0.4 is 14.8 Å². The molecule has 1 amide bonds. The van der Waals surface area contributed by atoms with Crippen LogP contribution in [0.5, 0.6) is 11.5 Å². The molecule has 0 spiro atoms. The summed E-state index contributed by atoms with van der Waals surface area (Å²) in [5.74, 6) is 1.45. The average Bonchev–Trinajstić information content (AvgIpc) is 2.96. The van der Waals surface area contributed by atoms with Gasteiger partial charge in [-0.05, 0) is 61.7 Å². The van der Waals surface area contributed by atoms with Crippen molar-refractivity contribution in [1.29, 1.82) is 0 Å². The Kier molecular flexibility index (Phi) is 8.15. The van der Waals surface area contributed by atoms with Gasteiger partial charge in [-0.1, -0.05) is 23.7 Å². The summed E-state index contributed by atoms with van der Waals surface area (Å²) < 4.78 is 12.1. The number of piperidine rings is 1. The van der Waals surface area contributed by atoms with Crippen molar-refractivity contribution in [2.24, 2.45) is 0 Å². The molecule has 196 valence electrons. The summed E-state index contributed by atoms with van der Waals surface area (Å²) in [6.45, 7) is 0.754. The number of benzene rings is 2. The fourth-order valence-electron chi connectivity index (χ4n) is 4.54. The Morgan fingerprint density at radius 2 is 1.97 bits per heavy atom. The van der Waals surface area contributed by atoms with E-state index in [9.17, 15) is 9.90 Å². The van der Waals surface area contributed by atoms with Crippen LogP contribution in [0.15, 0.2) is 67.1 Å². The molecular weight excluding hydrogens is 506 g/mol. The van der Waals surface area contributed by atoms with E-state index in [1.807, 2.05) is 42.5 Å². The summed E-state index contributed by atoms with van der Waals surface area (Å²) in [7, 11) is 0. The zero-order chi connectivity index (χ0) is 26.3. The van der Waals surface area contributed by atoms with Crippen molar-refractivity contribution in [3.8, 4) is 11.5 Å². The molecule has 0 aliphatic carbocycles. The van der Waals surface area contributed by atoms with E-state index in [1.54, 1.807) is 23.2 Å². The molecule has 0 radical (unpaired) electrons. The van der Waals surface area contributed by atoms with Gasteiger partial charge in [0.1, 0.15) is 43.5 Å². The van der Waals surface area contributed by atoms with Crippen LogP contribution >= 0.6 is 11.6 Å². The average molecular weight is 534 g/mol. The topological polar surface area (TPSA) is 110 Å². The highest BCUT2D eigenvalue weighted by molar-refractivity contribution is 6.32. The van der Waals surface area contributed by atoms with E-state index in [2.05, 4.69) is 20.3 Å². The molecular formula is C28H28ClN5O4. The number of hydrogen-bond acceptors (Lipinski definition) is 8. The molecule has 0 unspecified atom stereocenters. The molecule has 1 aliphatic rings. The third-order valence-corrected chi connectivity index (χ3v) is 6.73. The number of carbonyl (C=O) groups is 1. The number of anilines is 2. The van der Waals surface area contributed by atoms with E-state index in [4.69, 9.17) is 21.1 Å². The molecule has 2 aromatic carbocycles. The van der Waals surface area contributed by atoms with Gasteiger partial charge in [0.05, 0.1) is 27.7 Å². The van der Waals surface area contributed by atoms with Crippen molar-refractivity contribution in [2.75, 3.05) is 25.1 Å². The SMILES string of the molecule is O=C(CO)N1CCCC[C@H]1COc1cccc2ncnc(Nc3ccc(OCc4ccccn4)c(Cl)c3)c12. The summed E-state index contributed by atoms with van der Waals surface area (Å²) >= 11 is 6.51. The standard InChI is InChI=1S/C28H28ClN5O4/c29-22-14-19(10-11-24(22)37-16-20-6-1-3-12-30-20)33-28-27-23(31-18-32-28)8-5-9-25(27)38-17-21-7-2-4-13-34(21)26(36)15-35/h1,3,5-6,8-12,14,18,21,35H,2,4,7,13,15-17H2,(H,31,32,33)/t21-/m0/s1. The van der Waals surface area contributed by atoms with Crippen LogP contribution in [0.1, 0.15) is 25.0 Å². The highest BCUT2D eigenvalue weighted by Crippen LogP contribution is 2.34. The number of pyridine rings is 1. The van der Waals surface area contributed by atoms with Gasteiger partial charge < -0.3 is 24.8 Å². The van der Waals surface area contributed by atoms with Gasteiger partial charge in [0.25, 0.3) is 0 Å². The fraction of sp³-hybridized carbons (Fsp3) is 0.286. The molecule has 9 nitrogen and oxygen atoms in total. The van der Waals surface area contributed by atoms with Gasteiger partial charge >= 0.3 is 0 Å². The molecule has 0 bridgehead atoms. The lowest BCUT2D eigenvalue weighted by molar-refractivity contribution is -0.138. The minimum Gasteiger partial charge on any atom is -0.491 e. The minimum atomic E-state index is -0.498. The third kappa shape index (κ3) is 5.95. The highest BCUT2D eigenvalue weighted by Gasteiger charge is 2.27. The van der Waals surface area contributed by atoms with E-state index in [1.165, 1.54) is 6.33 Å². The molecule has 5 rings (SSSR count). The van der Waals surface area contributed by atoms with Crippen LogP contribution in [0.2, 0.25) is 5.02 Å². The molecule has 2 N–H and O–H groups in total. The van der Waals surface area contributed by atoms with Gasteiger partial charge in [0, 0.05) is 18.4 Å². The van der Waals surface area contributed by atoms with Crippen LogP contribution in [0.25, 0.3) is 10.9 Å². The second-order valence-electron chi connectivity index (χ2n) is 8.96. The number of ether oxygens (including phenoxy) is 2. The molecule has 3 heterocycles. The first-order valence-corrected chi connectivity index (χ1v) is 12.9. The summed E-state index contributed by atoms with van der Waals surface area (Å²) in [5.41, 5.74) is 2.25. The van der Waals surface area contributed by atoms with Crippen molar-refractivity contribution in [3.63, 3.8) is 0 Å². The Morgan fingerprint density at radius 3 is 2.79 bits per heavy atom. The Bertz CT molecular complexity index is 1400. The summed E-state index contributed by atoms with van der Waals surface area (Å²) in [5, 5.41) is 13.8. The lowest BCUT2D eigenvalue weighted by atomic mass is 10.0. The normalized spacial score (nSPS) is 15.3. The maximum absolute atomic E-state index is 12.2. The molecule has 0 saturated carbocycles. The summed E-state index contributed by atoms with van der Waals surface area (Å²) in [4.78, 5) is 27.0. The minimum absolute atomic E-state index is 0.0999. The Balaban J connectivity index is 1.33. The van der Waals surface area contributed by atoms with E-state index in [-0.39, 0.29) is 11.9 Å². The quantitative estimate of drug-likeness (QED) is 0.317. The predicted octanol–water partition coefficient (Wildman–Crippen LogP) is 4.75. The first kappa shape index (κ1) is 25.7. The molecule has 2 aromatic heterocycles. The number of amides is 1. The number of carbonyl (C=O) groups excluding carboxylic acids is 1. The van der Waals surface area contributed by atoms with Crippen LogP contribution in [0.4, 0.5) is 11.5 Å². The van der Waals surface area contributed by atoms with Crippen molar-refractivity contribution < 1.29 is 19.4 Å². The molecule has 1 atom stereocenters. The number of aliphatic hydroxyl groups is 1. The van der Waals surface area contributed by atoms with Crippen LogP contribution in [0.3, 0.4) is 0 Å².